The van der Waals surface area contributed by atoms with E-state index in [-0.39, 0.29) is 0 Å². The Kier molecular flexibility index (Phi) is 2.45. The van der Waals surface area contributed by atoms with E-state index in [1.54, 1.807) is 0 Å². The molecule has 3 nitrogen and oxygen atoms in total. The van der Waals surface area contributed by atoms with E-state index in [4.69, 9.17) is 0 Å². The van der Waals surface area contributed by atoms with Gasteiger partial charge in [0.25, 0.3) is 0 Å². The minimum Gasteiger partial charge on any atom is -0.311 e. The summed E-state index contributed by atoms with van der Waals surface area (Å²) in [5, 5.41) is 7.40. The number of hydrogen-bond acceptors (Lipinski definition) is 2. The third-order valence-electron chi connectivity index (χ3n) is 1.32. The van der Waals surface area contributed by atoms with Crippen LogP contribution in [0, 0.1) is 0 Å². The van der Waals surface area contributed by atoms with E-state index in [2.05, 4.69) is 17.3 Å². The van der Waals surface area contributed by atoms with Crippen LogP contribution >= 0.6 is 0 Å². The number of aromatic nitrogens is 2. The molecule has 10 heavy (non-hydrogen) atoms. The Morgan fingerprint density at radius 3 is 3.00 bits per heavy atom. The van der Waals surface area contributed by atoms with Gasteiger partial charge in [0.2, 0.25) is 0 Å². The highest BCUT2D eigenvalue weighted by Crippen LogP contribution is 1.91. The van der Waals surface area contributed by atoms with Crippen LogP contribution in [0.4, 0.5) is 0 Å². The zero-order valence-corrected chi connectivity index (χ0v) is 6.46. The fourth-order valence-electron chi connectivity index (χ4n) is 0.811. The molecular weight excluding hydrogens is 126 g/mol. The van der Waals surface area contributed by atoms with Crippen molar-refractivity contribution in [2.75, 3.05) is 6.54 Å². The number of hydrogen-bond donors (Lipinski definition) is 1. The average Bonchev–Trinajstić information content (AvgIpc) is 2.31. The molecule has 0 aliphatic carbocycles. The van der Waals surface area contributed by atoms with E-state index in [0.29, 0.717) is 0 Å². The molecule has 0 aliphatic heterocycles. The molecule has 0 aliphatic rings. The molecule has 0 spiro atoms. The highest BCUT2D eigenvalue weighted by Gasteiger charge is 1.92. The van der Waals surface area contributed by atoms with Gasteiger partial charge in [0, 0.05) is 19.8 Å². The highest BCUT2D eigenvalue weighted by atomic mass is 15.3. The molecule has 0 amide bonds. The monoisotopic (exact) mass is 139 g/mol. The SMILES string of the molecule is CCNCc1ccn(C)n1. The van der Waals surface area contributed by atoms with Gasteiger partial charge in [-0.3, -0.25) is 4.68 Å². The maximum absolute atomic E-state index is 4.20. The predicted molar refractivity (Wildman–Crippen MR) is 40.6 cm³/mol. The molecular formula is C7H13N3. The first kappa shape index (κ1) is 7.28. The number of rotatable bonds is 3. The normalized spacial score (nSPS) is 10.2. The van der Waals surface area contributed by atoms with Crippen LogP contribution in [0.5, 0.6) is 0 Å². The van der Waals surface area contributed by atoms with Crippen LogP contribution in [0.2, 0.25) is 0 Å². The highest BCUT2D eigenvalue weighted by molar-refractivity contribution is 4.97. The van der Waals surface area contributed by atoms with Gasteiger partial charge < -0.3 is 5.32 Å². The molecule has 1 N–H and O–H groups in total. The number of aryl methyl sites for hydroxylation is 1. The third-order valence-corrected chi connectivity index (χ3v) is 1.32. The van der Waals surface area contributed by atoms with E-state index < -0.39 is 0 Å². The summed E-state index contributed by atoms with van der Waals surface area (Å²) in [6.07, 6.45) is 1.95. The Bertz CT molecular complexity index is 192. The molecule has 0 fully saturated rings. The van der Waals surface area contributed by atoms with Gasteiger partial charge in [0.05, 0.1) is 5.69 Å². The Hall–Kier alpha value is -0.830. The molecule has 0 radical (unpaired) electrons. The van der Waals surface area contributed by atoms with Crippen LogP contribution < -0.4 is 5.32 Å². The number of nitrogens with zero attached hydrogens (tertiary/aromatic N) is 2. The molecule has 1 heterocycles. The topological polar surface area (TPSA) is 29.9 Å². The fraction of sp³-hybridized carbons (Fsp3) is 0.571. The molecule has 3 heteroatoms. The lowest BCUT2D eigenvalue weighted by atomic mass is 10.4. The van der Waals surface area contributed by atoms with Gasteiger partial charge >= 0.3 is 0 Å². The van der Waals surface area contributed by atoms with Crippen molar-refractivity contribution in [3.8, 4) is 0 Å². The van der Waals surface area contributed by atoms with Gasteiger partial charge in [-0.25, -0.2) is 0 Å². The van der Waals surface area contributed by atoms with Crippen LogP contribution in [0.3, 0.4) is 0 Å². The zero-order chi connectivity index (χ0) is 7.40. The van der Waals surface area contributed by atoms with Crippen LogP contribution in [-0.2, 0) is 13.6 Å². The van der Waals surface area contributed by atoms with Crippen LogP contribution in [0.1, 0.15) is 12.6 Å². The van der Waals surface area contributed by atoms with Crippen molar-refractivity contribution in [3.05, 3.63) is 18.0 Å². The van der Waals surface area contributed by atoms with Crippen molar-refractivity contribution in [2.45, 2.75) is 13.5 Å². The summed E-state index contributed by atoms with van der Waals surface area (Å²) < 4.78 is 1.81. The average molecular weight is 139 g/mol. The second-order valence-corrected chi connectivity index (χ2v) is 2.26. The van der Waals surface area contributed by atoms with Crippen molar-refractivity contribution in [1.82, 2.24) is 15.1 Å². The number of nitrogens with one attached hydrogen (secondary N) is 1. The van der Waals surface area contributed by atoms with E-state index >= 15 is 0 Å². The Morgan fingerprint density at radius 2 is 2.50 bits per heavy atom. The smallest absolute Gasteiger partial charge is 0.0762 e. The van der Waals surface area contributed by atoms with Gasteiger partial charge in [-0.05, 0) is 12.6 Å². The van der Waals surface area contributed by atoms with Crippen molar-refractivity contribution in [2.24, 2.45) is 7.05 Å². The lowest BCUT2D eigenvalue weighted by molar-refractivity contribution is 0.677. The summed E-state index contributed by atoms with van der Waals surface area (Å²) >= 11 is 0. The quantitative estimate of drug-likeness (QED) is 0.662. The summed E-state index contributed by atoms with van der Waals surface area (Å²) in [4.78, 5) is 0. The summed E-state index contributed by atoms with van der Waals surface area (Å²) in [6, 6.07) is 2.02. The lowest BCUT2D eigenvalue weighted by Gasteiger charge is -1.94. The Balaban J connectivity index is 2.42. The molecule has 0 unspecified atom stereocenters. The molecule has 0 aromatic carbocycles. The first-order chi connectivity index (χ1) is 4.83. The molecule has 1 aromatic rings. The molecule has 0 saturated carbocycles. The summed E-state index contributed by atoms with van der Waals surface area (Å²) in [7, 11) is 1.93. The van der Waals surface area contributed by atoms with Crippen molar-refractivity contribution >= 4 is 0 Å². The molecule has 1 rings (SSSR count). The van der Waals surface area contributed by atoms with Gasteiger partial charge in [0.15, 0.2) is 0 Å². The Labute approximate surface area is 61.0 Å². The third kappa shape index (κ3) is 1.84. The molecule has 56 valence electrons. The fourth-order valence-corrected chi connectivity index (χ4v) is 0.811. The van der Waals surface area contributed by atoms with Gasteiger partial charge in [-0.15, -0.1) is 0 Å². The van der Waals surface area contributed by atoms with Gasteiger partial charge in [0.1, 0.15) is 0 Å². The van der Waals surface area contributed by atoms with Crippen LogP contribution in [0.25, 0.3) is 0 Å². The van der Waals surface area contributed by atoms with Gasteiger partial charge in [-0.1, -0.05) is 6.92 Å². The van der Waals surface area contributed by atoms with E-state index in [9.17, 15) is 0 Å². The molecule has 1 aromatic heterocycles. The van der Waals surface area contributed by atoms with Crippen LogP contribution in [0.15, 0.2) is 12.3 Å². The second-order valence-electron chi connectivity index (χ2n) is 2.26. The lowest BCUT2D eigenvalue weighted by Crippen LogP contribution is -2.12. The standard InChI is InChI=1S/C7H13N3/c1-3-8-6-7-4-5-10(2)9-7/h4-5,8H,3,6H2,1-2H3. The van der Waals surface area contributed by atoms with Crippen molar-refractivity contribution in [1.29, 1.82) is 0 Å². The second kappa shape index (κ2) is 3.37. The maximum Gasteiger partial charge on any atom is 0.0762 e. The largest absolute Gasteiger partial charge is 0.311 e. The van der Waals surface area contributed by atoms with E-state index in [1.165, 1.54) is 0 Å². The summed E-state index contributed by atoms with van der Waals surface area (Å²) in [6.45, 7) is 3.96. The van der Waals surface area contributed by atoms with E-state index in [1.807, 2.05) is 24.0 Å². The Morgan fingerprint density at radius 1 is 1.70 bits per heavy atom. The van der Waals surface area contributed by atoms with Gasteiger partial charge in [-0.2, -0.15) is 5.10 Å². The minimum absolute atomic E-state index is 0.872. The van der Waals surface area contributed by atoms with Crippen molar-refractivity contribution < 1.29 is 0 Å². The maximum atomic E-state index is 4.20. The van der Waals surface area contributed by atoms with Crippen molar-refractivity contribution in [3.63, 3.8) is 0 Å². The minimum atomic E-state index is 0.872. The molecule has 0 atom stereocenters. The first-order valence-electron chi connectivity index (χ1n) is 3.52. The predicted octanol–water partition coefficient (Wildman–Crippen LogP) is 0.530. The molecule has 0 bridgehead atoms. The zero-order valence-electron chi connectivity index (χ0n) is 6.46. The molecule has 0 saturated heterocycles. The summed E-state index contributed by atoms with van der Waals surface area (Å²) in [5.74, 6) is 0. The first-order valence-corrected chi connectivity index (χ1v) is 3.52. The van der Waals surface area contributed by atoms with E-state index in [0.717, 1.165) is 18.8 Å². The summed E-state index contributed by atoms with van der Waals surface area (Å²) in [5.41, 5.74) is 1.10. The van der Waals surface area contributed by atoms with Crippen LogP contribution in [-0.4, -0.2) is 16.3 Å².